The van der Waals surface area contributed by atoms with Crippen molar-refractivity contribution in [2.45, 2.75) is 0 Å². The van der Waals surface area contributed by atoms with Gasteiger partial charge in [0.2, 0.25) is 5.78 Å². The summed E-state index contributed by atoms with van der Waals surface area (Å²) in [5.74, 6) is -0.0353. The maximum Gasteiger partial charge on any atom is 0.220 e. The van der Waals surface area contributed by atoms with Crippen LogP contribution in [0.2, 0.25) is 5.22 Å². The van der Waals surface area contributed by atoms with Crippen LogP contribution in [0.1, 0.15) is 10.6 Å². The second-order valence-corrected chi connectivity index (χ2v) is 2.04. The Labute approximate surface area is 63.1 Å². The molecule has 0 aliphatic carbocycles. The Kier molecular flexibility index (Phi) is 1.92. The van der Waals surface area contributed by atoms with Crippen LogP contribution in [-0.2, 0) is 0 Å². The van der Waals surface area contributed by atoms with Crippen LogP contribution >= 0.6 is 11.6 Å². The minimum atomic E-state index is -0.257. The highest BCUT2D eigenvalue weighted by molar-refractivity contribution is 6.29. The predicted molar refractivity (Wildman–Crippen MR) is 38.2 cm³/mol. The van der Waals surface area contributed by atoms with Gasteiger partial charge < -0.3 is 4.42 Å². The van der Waals surface area contributed by atoms with E-state index in [0.29, 0.717) is 0 Å². The standard InChI is InChI=1S/C7H5ClO2/c1-2-5(9)6-3-4-7(8)10-6/h2-4H,1H2. The van der Waals surface area contributed by atoms with Gasteiger partial charge >= 0.3 is 0 Å². The maximum atomic E-state index is 10.8. The van der Waals surface area contributed by atoms with Crippen molar-refractivity contribution in [3.05, 3.63) is 35.8 Å². The van der Waals surface area contributed by atoms with Crippen LogP contribution in [0.3, 0.4) is 0 Å². The molecule has 1 aromatic heterocycles. The zero-order chi connectivity index (χ0) is 7.56. The third-order valence-electron chi connectivity index (χ3n) is 1.00. The maximum absolute atomic E-state index is 10.8. The van der Waals surface area contributed by atoms with E-state index in [1.165, 1.54) is 18.2 Å². The van der Waals surface area contributed by atoms with Crippen LogP contribution < -0.4 is 0 Å². The summed E-state index contributed by atoms with van der Waals surface area (Å²) in [6.07, 6.45) is 1.18. The predicted octanol–water partition coefficient (Wildman–Crippen LogP) is 2.30. The van der Waals surface area contributed by atoms with Gasteiger partial charge in [-0.2, -0.15) is 0 Å². The fraction of sp³-hybridized carbons (Fsp3) is 0. The zero-order valence-electron chi connectivity index (χ0n) is 5.13. The molecule has 0 aromatic carbocycles. The van der Waals surface area contributed by atoms with Crippen molar-refractivity contribution < 1.29 is 9.21 Å². The Morgan fingerprint density at radius 3 is 2.80 bits per heavy atom. The third kappa shape index (κ3) is 1.28. The second-order valence-electron chi connectivity index (χ2n) is 1.67. The number of hydrogen-bond donors (Lipinski definition) is 0. The van der Waals surface area contributed by atoms with E-state index in [4.69, 9.17) is 16.0 Å². The molecular formula is C7H5ClO2. The highest BCUT2D eigenvalue weighted by atomic mass is 35.5. The molecular weight excluding hydrogens is 152 g/mol. The van der Waals surface area contributed by atoms with Gasteiger partial charge in [0.25, 0.3) is 0 Å². The highest BCUT2D eigenvalue weighted by Crippen LogP contribution is 2.13. The second kappa shape index (κ2) is 2.71. The van der Waals surface area contributed by atoms with E-state index in [1.54, 1.807) is 0 Å². The van der Waals surface area contributed by atoms with E-state index in [0.717, 1.165) is 0 Å². The molecule has 0 amide bonds. The monoisotopic (exact) mass is 156 g/mol. The Bertz CT molecular complexity index is 262. The molecule has 0 fully saturated rings. The Hall–Kier alpha value is -1.02. The molecule has 0 saturated heterocycles. The molecule has 52 valence electrons. The van der Waals surface area contributed by atoms with Crippen LogP contribution in [-0.4, -0.2) is 5.78 Å². The topological polar surface area (TPSA) is 30.2 Å². The lowest BCUT2D eigenvalue weighted by molar-refractivity contribution is 0.102. The molecule has 0 atom stereocenters. The Morgan fingerprint density at radius 2 is 2.40 bits per heavy atom. The average molecular weight is 157 g/mol. The molecule has 1 aromatic rings. The van der Waals surface area contributed by atoms with E-state index >= 15 is 0 Å². The number of rotatable bonds is 2. The van der Waals surface area contributed by atoms with Gasteiger partial charge in [-0.1, -0.05) is 6.58 Å². The van der Waals surface area contributed by atoms with Gasteiger partial charge in [0.1, 0.15) is 0 Å². The van der Waals surface area contributed by atoms with Crippen LogP contribution in [0.15, 0.2) is 29.2 Å². The largest absolute Gasteiger partial charge is 0.441 e. The minimum absolute atomic E-state index is 0.213. The first-order chi connectivity index (χ1) is 4.74. The molecule has 0 radical (unpaired) electrons. The summed E-state index contributed by atoms with van der Waals surface area (Å²) in [5.41, 5.74) is 0. The molecule has 2 nitrogen and oxygen atoms in total. The lowest BCUT2D eigenvalue weighted by Crippen LogP contribution is -1.88. The van der Waals surface area contributed by atoms with Gasteiger partial charge in [0.15, 0.2) is 11.0 Å². The SMILES string of the molecule is C=CC(=O)c1ccc(Cl)o1. The fourth-order valence-corrected chi connectivity index (χ4v) is 0.693. The fourth-order valence-electron chi connectivity index (χ4n) is 0.547. The summed E-state index contributed by atoms with van der Waals surface area (Å²) in [7, 11) is 0. The first-order valence-corrected chi connectivity index (χ1v) is 3.04. The quantitative estimate of drug-likeness (QED) is 0.486. The van der Waals surface area contributed by atoms with E-state index in [9.17, 15) is 4.79 Å². The summed E-state index contributed by atoms with van der Waals surface area (Å²) in [6, 6.07) is 3.02. The van der Waals surface area contributed by atoms with E-state index in [-0.39, 0.29) is 16.8 Å². The lowest BCUT2D eigenvalue weighted by Gasteiger charge is -1.83. The molecule has 0 aliphatic heterocycles. The van der Waals surface area contributed by atoms with Crippen molar-refractivity contribution in [3.63, 3.8) is 0 Å². The first-order valence-electron chi connectivity index (χ1n) is 2.66. The van der Waals surface area contributed by atoms with Gasteiger partial charge in [0, 0.05) is 0 Å². The average Bonchev–Trinajstić information content (AvgIpc) is 2.34. The number of halogens is 1. The summed E-state index contributed by atoms with van der Waals surface area (Å²) >= 11 is 5.41. The van der Waals surface area contributed by atoms with Crippen LogP contribution in [0, 0.1) is 0 Å². The molecule has 0 N–H and O–H groups in total. The number of carbonyl (C=O) groups is 1. The highest BCUT2D eigenvalue weighted by Gasteiger charge is 2.04. The summed E-state index contributed by atoms with van der Waals surface area (Å²) in [5, 5.41) is 0.213. The number of furan rings is 1. The van der Waals surface area contributed by atoms with E-state index in [1.807, 2.05) is 0 Å². The van der Waals surface area contributed by atoms with Gasteiger partial charge in [-0.25, -0.2) is 0 Å². The van der Waals surface area contributed by atoms with Crippen molar-refractivity contribution >= 4 is 17.4 Å². The third-order valence-corrected chi connectivity index (χ3v) is 1.20. The number of hydrogen-bond acceptors (Lipinski definition) is 2. The number of carbonyl (C=O) groups excluding carboxylic acids is 1. The van der Waals surface area contributed by atoms with E-state index < -0.39 is 0 Å². The lowest BCUT2D eigenvalue weighted by atomic mass is 10.3. The molecule has 1 heterocycles. The van der Waals surface area contributed by atoms with Gasteiger partial charge in [-0.15, -0.1) is 0 Å². The molecule has 1 rings (SSSR count). The van der Waals surface area contributed by atoms with Crippen molar-refractivity contribution in [2.75, 3.05) is 0 Å². The molecule has 0 saturated carbocycles. The van der Waals surface area contributed by atoms with Crippen LogP contribution in [0.25, 0.3) is 0 Å². The normalized spacial score (nSPS) is 9.30. The van der Waals surface area contributed by atoms with Crippen molar-refractivity contribution in [2.24, 2.45) is 0 Å². The Balaban J connectivity index is 2.95. The zero-order valence-corrected chi connectivity index (χ0v) is 5.89. The van der Waals surface area contributed by atoms with Gasteiger partial charge in [0.05, 0.1) is 0 Å². The molecule has 3 heteroatoms. The van der Waals surface area contributed by atoms with E-state index in [2.05, 4.69) is 6.58 Å². The summed E-state index contributed by atoms with van der Waals surface area (Å²) < 4.78 is 4.78. The van der Waals surface area contributed by atoms with Gasteiger partial charge in [-0.05, 0) is 29.8 Å². The number of allylic oxidation sites excluding steroid dienone is 1. The molecule has 0 aliphatic rings. The smallest absolute Gasteiger partial charge is 0.220 e. The molecule has 0 spiro atoms. The van der Waals surface area contributed by atoms with Crippen molar-refractivity contribution in [3.8, 4) is 0 Å². The minimum Gasteiger partial charge on any atom is -0.441 e. The summed E-state index contributed by atoms with van der Waals surface area (Å²) in [6.45, 7) is 3.29. The molecule has 0 bridgehead atoms. The molecule has 0 unspecified atom stereocenters. The first kappa shape index (κ1) is 7.09. The van der Waals surface area contributed by atoms with Crippen LogP contribution in [0.5, 0.6) is 0 Å². The Morgan fingerprint density at radius 1 is 1.70 bits per heavy atom. The molecule has 10 heavy (non-hydrogen) atoms. The number of ketones is 1. The van der Waals surface area contributed by atoms with Crippen molar-refractivity contribution in [1.82, 2.24) is 0 Å². The summed E-state index contributed by atoms with van der Waals surface area (Å²) in [4.78, 5) is 10.8. The van der Waals surface area contributed by atoms with Crippen molar-refractivity contribution in [1.29, 1.82) is 0 Å². The van der Waals surface area contributed by atoms with Gasteiger partial charge in [-0.3, -0.25) is 4.79 Å². The van der Waals surface area contributed by atoms with Crippen LogP contribution in [0.4, 0.5) is 0 Å².